The van der Waals surface area contributed by atoms with Gasteiger partial charge in [0.05, 0.1) is 18.6 Å². The van der Waals surface area contributed by atoms with Gasteiger partial charge < -0.3 is 14.6 Å². The van der Waals surface area contributed by atoms with E-state index < -0.39 is 23.5 Å². The average molecular weight is 347 g/mol. The molecule has 0 aliphatic heterocycles. The highest BCUT2D eigenvalue weighted by molar-refractivity contribution is 5.96. The second-order valence-corrected chi connectivity index (χ2v) is 5.55. The second kappa shape index (κ2) is 7.79. The third kappa shape index (κ3) is 4.35. The van der Waals surface area contributed by atoms with E-state index in [4.69, 9.17) is 9.47 Å². The van der Waals surface area contributed by atoms with E-state index in [1.807, 2.05) is 0 Å². The smallest absolute Gasteiger partial charge is 0.338 e. The van der Waals surface area contributed by atoms with Crippen LogP contribution in [0.2, 0.25) is 0 Å². The number of carbonyl (C=O) groups is 1. The first-order valence-corrected chi connectivity index (χ1v) is 7.51. The lowest BCUT2D eigenvalue weighted by Gasteiger charge is -2.21. The minimum absolute atomic E-state index is 0.000764. The molecule has 0 heterocycles. The van der Waals surface area contributed by atoms with Crippen molar-refractivity contribution in [3.8, 4) is 0 Å². The van der Waals surface area contributed by atoms with Crippen molar-refractivity contribution in [2.45, 2.75) is 20.3 Å². The third-order valence-corrected chi connectivity index (χ3v) is 3.47. The van der Waals surface area contributed by atoms with Crippen LogP contribution < -0.4 is 5.11 Å². The fourth-order valence-electron chi connectivity index (χ4n) is 2.17. The molecule has 0 radical (unpaired) electrons. The Bertz CT molecular complexity index is 813. The fourth-order valence-corrected chi connectivity index (χ4v) is 2.17. The molecule has 0 spiro atoms. The molecule has 0 bridgehead atoms. The van der Waals surface area contributed by atoms with Crippen molar-refractivity contribution in [3.05, 3.63) is 76.5 Å². The van der Waals surface area contributed by atoms with E-state index in [0.29, 0.717) is 11.1 Å². The van der Waals surface area contributed by atoms with Crippen molar-refractivity contribution < 1.29 is 28.2 Å². The molecule has 6 heteroatoms. The largest absolute Gasteiger partial charge is 0.583 e. The molecule has 25 heavy (non-hydrogen) atoms. The summed E-state index contributed by atoms with van der Waals surface area (Å²) < 4.78 is 37.2. The van der Waals surface area contributed by atoms with E-state index in [-0.39, 0.29) is 23.3 Å². The van der Waals surface area contributed by atoms with Crippen LogP contribution in [-0.2, 0) is 14.3 Å². The lowest BCUT2D eigenvalue weighted by Crippen LogP contribution is -2.13. The quantitative estimate of drug-likeness (QED) is 0.619. The van der Waals surface area contributed by atoms with Gasteiger partial charge in [0.25, 0.3) is 0 Å². The van der Waals surface area contributed by atoms with Crippen LogP contribution in [0.1, 0.15) is 25.8 Å². The molecular formula is C19H17F2O4-. The summed E-state index contributed by atoms with van der Waals surface area (Å²) >= 11 is 0. The molecule has 4 nitrogen and oxygen atoms in total. The number of hydrogen-bond acceptors (Lipinski definition) is 4. The van der Waals surface area contributed by atoms with Crippen LogP contribution in [0, 0.1) is 11.6 Å². The first kappa shape index (κ1) is 18.4. The Balaban J connectivity index is 2.56. The predicted molar refractivity (Wildman–Crippen MR) is 86.6 cm³/mol. The minimum Gasteiger partial charge on any atom is -0.583 e. The monoisotopic (exact) mass is 347 g/mol. The van der Waals surface area contributed by atoms with Crippen molar-refractivity contribution in [1.29, 1.82) is 0 Å². The average Bonchev–Trinajstić information content (AvgIpc) is 2.76. The summed E-state index contributed by atoms with van der Waals surface area (Å²) in [5, 5.41) is 11.8. The zero-order valence-corrected chi connectivity index (χ0v) is 14.1. The zero-order valence-electron chi connectivity index (χ0n) is 14.1. The van der Waals surface area contributed by atoms with Crippen molar-refractivity contribution in [3.63, 3.8) is 0 Å². The number of methoxy groups -OCH3 is 1. The van der Waals surface area contributed by atoms with Crippen LogP contribution in [0.4, 0.5) is 8.78 Å². The van der Waals surface area contributed by atoms with E-state index in [2.05, 4.69) is 0 Å². The molecule has 0 atom stereocenters. The highest BCUT2D eigenvalue weighted by atomic mass is 19.1. The maximum Gasteiger partial charge on any atom is 0.338 e. The van der Waals surface area contributed by atoms with Gasteiger partial charge >= 0.3 is 5.97 Å². The van der Waals surface area contributed by atoms with Gasteiger partial charge in [-0.3, -0.25) is 0 Å². The number of hydrogen-bond donors (Lipinski definition) is 0. The molecule has 0 saturated carbocycles. The highest BCUT2D eigenvalue weighted by Crippen LogP contribution is 2.28. The summed E-state index contributed by atoms with van der Waals surface area (Å²) in [5.74, 6) is -2.66. The zero-order chi connectivity index (χ0) is 18.6. The van der Waals surface area contributed by atoms with Gasteiger partial charge in [0, 0.05) is 17.4 Å². The number of allylic oxidation sites excluding steroid dienone is 4. The standard InChI is InChI=1S/C19H18F2O4/c1-11(2)18(22)25-17-6-4-5-12(9-15(17)19(23)24-3)14-8-7-13(20)10-16(14)21/h4-5,7-10,22H,6H2,1-3H3/p-1. The number of carbonyl (C=O) groups excluding carboxylic acids is 1. The molecule has 1 aliphatic carbocycles. The Morgan fingerprint density at radius 3 is 2.56 bits per heavy atom. The third-order valence-electron chi connectivity index (χ3n) is 3.47. The molecule has 2 rings (SSSR count). The van der Waals surface area contributed by atoms with Crippen LogP contribution in [-0.4, -0.2) is 13.1 Å². The van der Waals surface area contributed by atoms with E-state index in [1.54, 1.807) is 26.0 Å². The Hall–Kier alpha value is -2.89. The van der Waals surface area contributed by atoms with Gasteiger partial charge in [0.1, 0.15) is 11.6 Å². The van der Waals surface area contributed by atoms with Gasteiger partial charge in [-0.05, 0) is 44.1 Å². The molecule has 0 saturated heterocycles. The van der Waals surface area contributed by atoms with Gasteiger partial charge in [-0.1, -0.05) is 17.7 Å². The second-order valence-electron chi connectivity index (χ2n) is 5.55. The van der Waals surface area contributed by atoms with Crippen molar-refractivity contribution in [2.24, 2.45) is 0 Å². The van der Waals surface area contributed by atoms with E-state index in [1.165, 1.54) is 19.3 Å². The maximum absolute atomic E-state index is 14.1. The Kier molecular flexibility index (Phi) is 5.75. The number of rotatable bonds is 4. The van der Waals surface area contributed by atoms with E-state index >= 15 is 0 Å². The molecule has 0 aromatic heterocycles. The fraction of sp³-hybridized carbons (Fsp3) is 0.211. The maximum atomic E-state index is 14.1. The van der Waals surface area contributed by atoms with Crippen LogP contribution in [0.3, 0.4) is 0 Å². The van der Waals surface area contributed by atoms with Crippen molar-refractivity contribution in [1.82, 2.24) is 0 Å². The lowest BCUT2D eigenvalue weighted by atomic mass is 10.0. The number of ether oxygens (including phenoxy) is 2. The van der Waals surface area contributed by atoms with Gasteiger partial charge in [0.15, 0.2) is 0 Å². The summed E-state index contributed by atoms with van der Waals surface area (Å²) in [5.41, 5.74) is 0.866. The molecule has 0 fully saturated rings. The molecule has 132 valence electrons. The number of halogens is 2. The Morgan fingerprint density at radius 2 is 1.96 bits per heavy atom. The van der Waals surface area contributed by atoms with Crippen LogP contribution in [0.15, 0.2) is 59.3 Å². The molecule has 0 N–H and O–H groups in total. The summed E-state index contributed by atoms with van der Waals surface area (Å²) in [7, 11) is 1.19. The molecule has 0 unspecified atom stereocenters. The summed E-state index contributed by atoms with van der Waals surface area (Å²) in [6.07, 6.45) is 4.70. The molecule has 1 aromatic carbocycles. The topological polar surface area (TPSA) is 58.6 Å². The molecule has 1 aliphatic rings. The molecule has 1 aromatic rings. The summed E-state index contributed by atoms with van der Waals surface area (Å²) in [6, 6.07) is 3.15. The van der Waals surface area contributed by atoms with E-state index in [9.17, 15) is 18.7 Å². The Labute approximate surface area is 144 Å². The van der Waals surface area contributed by atoms with Crippen LogP contribution >= 0.6 is 0 Å². The SMILES string of the molecule is COC(=O)C1=C(OC([O-])=C(C)C)CC=CC(c2ccc(F)cc2F)=C1. The molecular weight excluding hydrogens is 330 g/mol. The van der Waals surface area contributed by atoms with Gasteiger partial charge in [-0.15, -0.1) is 0 Å². The van der Waals surface area contributed by atoms with Gasteiger partial charge in [0.2, 0.25) is 0 Å². The predicted octanol–water partition coefficient (Wildman–Crippen LogP) is 3.36. The highest BCUT2D eigenvalue weighted by Gasteiger charge is 2.17. The van der Waals surface area contributed by atoms with Crippen LogP contribution in [0.25, 0.3) is 5.57 Å². The number of esters is 1. The van der Waals surface area contributed by atoms with Gasteiger partial charge in [-0.2, -0.15) is 0 Å². The van der Waals surface area contributed by atoms with E-state index in [0.717, 1.165) is 12.1 Å². The first-order valence-electron chi connectivity index (χ1n) is 7.51. The number of benzene rings is 1. The van der Waals surface area contributed by atoms with Crippen LogP contribution in [0.5, 0.6) is 0 Å². The normalized spacial score (nSPS) is 13.9. The lowest BCUT2D eigenvalue weighted by molar-refractivity contribution is -0.353. The van der Waals surface area contributed by atoms with Crippen molar-refractivity contribution >= 4 is 11.5 Å². The Morgan fingerprint density at radius 1 is 1.24 bits per heavy atom. The van der Waals surface area contributed by atoms with Crippen molar-refractivity contribution in [2.75, 3.05) is 7.11 Å². The summed E-state index contributed by atoms with van der Waals surface area (Å²) in [4.78, 5) is 12.1. The molecule has 0 amide bonds. The van der Waals surface area contributed by atoms with Gasteiger partial charge in [-0.25, -0.2) is 13.6 Å². The summed E-state index contributed by atoms with van der Waals surface area (Å²) in [6.45, 7) is 3.17. The first-order chi connectivity index (χ1) is 11.8. The minimum atomic E-state index is -0.765.